The Bertz CT molecular complexity index is 1120. The number of rotatable bonds is 4. The molecule has 0 atom stereocenters. The number of pyridine rings is 2. The zero-order valence-corrected chi connectivity index (χ0v) is 16.3. The van der Waals surface area contributed by atoms with Crippen molar-refractivity contribution in [2.24, 2.45) is 0 Å². The van der Waals surface area contributed by atoms with Crippen LogP contribution in [0.1, 0.15) is 17.0 Å². The molecule has 5 nitrogen and oxygen atoms in total. The number of aromatic nitrogens is 4. The molecular formula is C20H16Cl2N4O. The van der Waals surface area contributed by atoms with Crippen molar-refractivity contribution in [2.75, 3.05) is 0 Å². The summed E-state index contributed by atoms with van der Waals surface area (Å²) in [6, 6.07) is 7.93. The lowest BCUT2D eigenvalue weighted by molar-refractivity contribution is 0.309. The van der Waals surface area contributed by atoms with E-state index in [1.165, 1.54) is 0 Å². The number of hydrogen-bond acceptors (Lipinski definition) is 4. The summed E-state index contributed by atoms with van der Waals surface area (Å²) in [5.74, 6) is 0.669. The molecule has 1 N–H and O–H groups in total. The van der Waals surface area contributed by atoms with Crippen molar-refractivity contribution in [2.45, 2.75) is 20.5 Å². The summed E-state index contributed by atoms with van der Waals surface area (Å²) in [4.78, 5) is 8.67. The van der Waals surface area contributed by atoms with E-state index in [2.05, 4.69) is 21.2 Å². The number of benzene rings is 1. The first-order chi connectivity index (χ1) is 13.0. The molecule has 0 radical (unpaired) electrons. The van der Waals surface area contributed by atoms with E-state index in [0.29, 0.717) is 21.4 Å². The van der Waals surface area contributed by atoms with Gasteiger partial charge in [0.2, 0.25) is 0 Å². The highest BCUT2D eigenvalue weighted by atomic mass is 35.5. The Morgan fingerprint density at radius 3 is 2.52 bits per heavy atom. The van der Waals surface area contributed by atoms with E-state index < -0.39 is 0 Å². The van der Waals surface area contributed by atoms with Crippen molar-refractivity contribution < 1.29 is 4.74 Å². The first-order valence-electron chi connectivity index (χ1n) is 8.36. The number of nitrogens with zero attached hydrogens (tertiary/aromatic N) is 3. The SMILES string of the molecule is Cc1cc(-c2cn[nH]c2C)c2cccc(OCc3c(Cl)cncc3Cl)c2n1. The van der Waals surface area contributed by atoms with Crippen molar-refractivity contribution in [1.29, 1.82) is 0 Å². The van der Waals surface area contributed by atoms with Crippen LogP contribution in [0.15, 0.2) is 42.9 Å². The smallest absolute Gasteiger partial charge is 0.146 e. The minimum Gasteiger partial charge on any atom is -0.487 e. The number of nitrogens with one attached hydrogen (secondary N) is 1. The summed E-state index contributed by atoms with van der Waals surface area (Å²) in [6.45, 7) is 4.19. The Kier molecular flexibility index (Phi) is 4.72. The Labute approximate surface area is 166 Å². The fraction of sp³-hybridized carbons (Fsp3) is 0.150. The number of H-pyrrole nitrogens is 1. The molecule has 4 aromatic rings. The van der Waals surface area contributed by atoms with Crippen molar-refractivity contribution in [3.63, 3.8) is 0 Å². The molecule has 0 aliphatic heterocycles. The van der Waals surface area contributed by atoms with Crippen LogP contribution < -0.4 is 4.74 Å². The molecule has 0 bridgehead atoms. The van der Waals surface area contributed by atoms with Gasteiger partial charge in [-0.3, -0.25) is 10.1 Å². The zero-order chi connectivity index (χ0) is 19.0. The first kappa shape index (κ1) is 17.8. The Morgan fingerprint density at radius 2 is 1.81 bits per heavy atom. The molecule has 1 aromatic carbocycles. The quantitative estimate of drug-likeness (QED) is 0.491. The van der Waals surface area contributed by atoms with Gasteiger partial charge in [0.25, 0.3) is 0 Å². The van der Waals surface area contributed by atoms with Crippen LogP contribution in [-0.2, 0) is 6.61 Å². The molecule has 4 rings (SSSR count). The maximum absolute atomic E-state index is 6.20. The van der Waals surface area contributed by atoms with Gasteiger partial charge in [0, 0.05) is 40.3 Å². The summed E-state index contributed by atoms with van der Waals surface area (Å²) in [5, 5.41) is 9.07. The van der Waals surface area contributed by atoms with Crippen LogP contribution in [0, 0.1) is 13.8 Å². The number of ether oxygens (including phenoxy) is 1. The van der Waals surface area contributed by atoms with Gasteiger partial charge in [0.05, 0.1) is 16.2 Å². The lowest BCUT2D eigenvalue weighted by atomic mass is 10.0. The van der Waals surface area contributed by atoms with Gasteiger partial charge in [0.15, 0.2) is 0 Å². The molecule has 0 aliphatic rings. The molecule has 0 unspecified atom stereocenters. The normalized spacial score (nSPS) is 11.1. The van der Waals surface area contributed by atoms with E-state index in [4.69, 9.17) is 32.9 Å². The van der Waals surface area contributed by atoms with Crippen LogP contribution in [0.3, 0.4) is 0 Å². The minimum atomic E-state index is 0.231. The van der Waals surface area contributed by atoms with E-state index in [0.717, 1.165) is 33.4 Å². The fourth-order valence-electron chi connectivity index (χ4n) is 3.04. The Hall–Kier alpha value is -2.63. The minimum absolute atomic E-state index is 0.231. The highest BCUT2D eigenvalue weighted by molar-refractivity contribution is 6.35. The van der Waals surface area contributed by atoms with E-state index >= 15 is 0 Å². The molecule has 0 fully saturated rings. The second kappa shape index (κ2) is 7.18. The zero-order valence-electron chi connectivity index (χ0n) is 14.8. The van der Waals surface area contributed by atoms with Gasteiger partial charge in [-0.25, -0.2) is 4.98 Å². The average molecular weight is 399 g/mol. The number of para-hydroxylation sites is 1. The standard InChI is InChI=1S/C20H16Cl2N4O/c1-11-6-14(15-7-24-26-12(15)2)13-4-3-5-19(20(13)25-11)27-10-16-17(21)8-23-9-18(16)22/h3-9H,10H2,1-2H3,(H,24,26). The molecular weight excluding hydrogens is 383 g/mol. The van der Waals surface area contributed by atoms with Crippen LogP contribution in [0.4, 0.5) is 0 Å². The van der Waals surface area contributed by atoms with Crippen molar-refractivity contribution >= 4 is 34.1 Å². The monoisotopic (exact) mass is 398 g/mol. The molecule has 0 spiro atoms. The topological polar surface area (TPSA) is 63.7 Å². The third-order valence-corrected chi connectivity index (χ3v) is 5.03. The average Bonchev–Trinajstić information content (AvgIpc) is 3.06. The number of aryl methyl sites for hydroxylation is 2. The first-order valence-corrected chi connectivity index (χ1v) is 9.11. The predicted molar refractivity (Wildman–Crippen MR) is 107 cm³/mol. The van der Waals surface area contributed by atoms with Gasteiger partial charge in [-0.05, 0) is 31.5 Å². The van der Waals surface area contributed by atoms with Gasteiger partial charge in [-0.1, -0.05) is 35.3 Å². The summed E-state index contributed by atoms with van der Waals surface area (Å²) >= 11 is 12.4. The maximum atomic E-state index is 6.20. The molecule has 3 heterocycles. The summed E-state index contributed by atoms with van der Waals surface area (Å²) in [6.07, 6.45) is 4.93. The van der Waals surface area contributed by atoms with Gasteiger partial charge >= 0.3 is 0 Å². The Morgan fingerprint density at radius 1 is 1.04 bits per heavy atom. The van der Waals surface area contributed by atoms with Crippen LogP contribution in [0.5, 0.6) is 5.75 Å². The summed E-state index contributed by atoms with van der Waals surface area (Å²) < 4.78 is 6.04. The van der Waals surface area contributed by atoms with E-state index in [9.17, 15) is 0 Å². The third-order valence-electron chi connectivity index (χ3n) is 4.37. The lowest BCUT2D eigenvalue weighted by Crippen LogP contribution is -2.00. The summed E-state index contributed by atoms with van der Waals surface area (Å²) in [5.41, 5.74) is 5.49. The van der Waals surface area contributed by atoms with Crippen molar-refractivity contribution in [3.8, 4) is 16.9 Å². The lowest BCUT2D eigenvalue weighted by Gasteiger charge is -2.13. The van der Waals surface area contributed by atoms with Crippen LogP contribution in [-0.4, -0.2) is 20.2 Å². The van der Waals surface area contributed by atoms with E-state index in [1.54, 1.807) is 12.4 Å². The number of aromatic amines is 1. The van der Waals surface area contributed by atoms with Crippen LogP contribution >= 0.6 is 23.2 Å². The van der Waals surface area contributed by atoms with Crippen molar-refractivity contribution in [1.82, 2.24) is 20.2 Å². The van der Waals surface area contributed by atoms with Gasteiger partial charge in [-0.15, -0.1) is 0 Å². The molecule has 0 aliphatic carbocycles. The second-order valence-corrected chi connectivity index (χ2v) is 7.06. The molecule has 136 valence electrons. The highest BCUT2D eigenvalue weighted by Gasteiger charge is 2.14. The van der Waals surface area contributed by atoms with Gasteiger partial charge in [0.1, 0.15) is 17.9 Å². The molecule has 0 saturated heterocycles. The fourth-order valence-corrected chi connectivity index (χ4v) is 3.51. The van der Waals surface area contributed by atoms with Crippen molar-refractivity contribution in [3.05, 3.63) is 69.9 Å². The van der Waals surface area contributed by atoms with Crippen LogP contribution in [0.2, 0.25) is 10.0 Å². The molecule has 0 saturated carbocycles. The van der Waals surface area contributed by atoms with E-state index in [-0.39, 0.29) is 6.61 Å². The molecule has 0 amide bonds. The molecule has 7 heteroatoms. The van der Waals surface area contributed by atoms with Gasteiger partial charge in [-0.2, -0.15) is 5.10 Å². The maximum Gasteiger partial charge on any atom is 0.146 e. The number of halogens is 2. The molecule has 3 aromatic heterocycles. The number of fused-ring (bicyclic) bond motifs is 1. The van der Waals surface area contributed by atoms with Crippen LogP contribution in [0.25, 0.3) is 22.0 Å². The highest BCUT2D eigenvalue weighted by Crippen LogP contribution is 2.35. The number of hydrogen-bond donors (Lipinski definition) is 1. The third kappa shape index (κ3) is 3.36. The summed E-state index contributed by atoms with van der Waals surface area (Å²) in [7, 11) is 0. The largest absolute Gasteiger partial charge is 0.487 e. The predicted octanol–water partition coefficient (Wildman–Crippen LogP) is 5.52. The second-order valence-electron chi connectivity index (χ2n) is 6.24. The Balaban J connectivity index is 1.79. The van der Waals surface area contributed by atoms with Gasteiger partial charge < -0.3 is 4.74 Å². The molecule has 27 heavy (non-hydrogen) atoms. The van der Waals surface area contributed by atoms with E-state index in [1.807, 2.05) is 38.2 Å².